The lowest BCUT2D eigenvalue weighted by atomic mass is 10.1. The van der Waals surface area contributed by atoms with Gasteiger partial charge in [-0.15, -0.1) is 0 Å². The van der Waals surface area contributed by atoms with E-state index in [9.17, 15) is 30.7 Å². The smallest absolute Gasteiger partial charge is 0.198 e. The van der Waals surface area contributed by atoms with Gasteiger partial charge in [-0.3, -0.25) is 0 Å². The first-order valence-corrected chi connectivity index (χ1v) is 5.65. The van der Waals surface area contributed by atoms with E-state index in [0.717, 1.165) is 24.5 Å². The highest BCUT2D eigenvalue weighted by molar-refractivity contribution is 5.57. The van der Waals surface area contributed by atoms with Gasteiger partial charge < -0.3 is 0 Å². The van der Waals surface area contributed by atoms with Gasteiger partial charge in [0.2, 0.25) is 5.83 Å². The lowest BCUT2D eigenvalue weighted by Crippen LogP contribution is -2.52. The summed E-state index contributed by atoms with van der Waals surface area (Å²) in [6.07, 6.45) is 1.56. The number of aromatic nitrogens is 1. The monoisotopic (exact) mass is 302 g/mol. The Labute approximate surface area is 110 Å². The maximum Gasteiger partial charge on any atom is 0.401 e. The largest absolute Gasteiger partial charge is 0.401 e. The summed E-state index contributed by atoms with van der Waals surface area (Å²) in [5.74, 6) is -19.5. The predicted molar refractivity (Wildman–Crippen MR) is 57.2 cm³/mol. The molecule has 0 atom stereocenters. The molecule has 1 nitrogen and oxygen atoms in total. The molecule has 2 rings (SSSR count). The molecule has 1 heterocycles. The number of pyridine rings is 1. The summed E-state index contributed by atoms with van der Waals surface area (Å²) in [6, 6.07) is 3.56. The first-order valence-electron chi connectivity index (χ1n) is 5.65. The van der Waals surface area contributed by atoms with Gasteiger partial charge in [0, 0.05) is 12.1 Å². The van der Waals surface area contributed by atoms with Gasteiger partial charge in [0.1, 0.15) is 0 Å². The maximum atomic E-state index is 13.3. The second-order valence-corrected chi connectivity index (χ2v) is 3.67. The fraction of sp³-hybridized carbons (Fsp3) is 0.417. The van der Waals surface area contributed by atoms with E-state index < -0.39 is 29.3 Å². The first kappa shape index (κ1) is 16.5. The molecule has 0 saturated heterocycles. The summed E-state index contributed by atoms with van der Waals surface area (Å²) >= 11 is 0. The minimum absolute atomic E-state index is 0.212. The Hall–Kier alpha value is -1.60. The fourth-order valence-electron chi connectivity index (χ4n) is 1.59. The predicted octanol–water partition coefficient (Wildman–Crippen LogP) is 4.06. The normalized spacial score (nSPS) is 22.2. The van der Waals surface area contributed by atoms with E-state index in [0.29, 0.717) is 0 Å². The lowest BCUT2D eigenvalue weighted by molar-refractivity contribution is -0.595. The Balaban J connectivity index is 0.000000956. The van der Waals surface area contributed by atoms with E-state index in [-0.39, 0.29) is 4.57 Å². The topological polar surface area (TPSA) is 3.88 Å². The van der Waals surface area contributed by atoms with E-state index in [2.05, 4.69) is 0 Å². The highest BCUT2D eigenvalue weighted by Gasteiger charge is 2.85. The molecular weight excluding hydrogens is 291 g/mol. The molecule has 1 aliphatic rings. The van der Waals surface area contributed by atoms with Crippen molar-refractivity contribution in [1.82, 2.24) is 0 Å². The molecule has 0 amide bonds. The molecule has 1 aromatic heterocycles. The van der Waals surface area contributed by atoms with E-state index in [1.54, 1.807) is 0 Å². The third kappa shape index (κ3) is 1.97. The Morgan fingerprint density at radius 2 is 1.25 bits per heavy atom. The first-order chi connectivity index (χ1) is 9.14. The van der Waals surface area contributed by atoms with Crippen molar-refractivity contribution in [2.75, 3.05) is 0 Å². The SMILES string of the molecule is CC.FC1=C([n+]2ccccc2)C(F)(F)C(F)(F)C1(F)F. The number of rotatable bonds is 1. The summed E-state index contributed by atoms with van der Waals surface area (Å²) in [6.45, 7) is 4.00. The summed E-state index contributed by atoms with van der Waals surface area (Å²) in [5, 5.41) is 0. The maximum absolute atomic E-state index is 13.3. The number of allylic oxidation sites excluding steroid dienone is 2. The molecule has 112 valence electrons. The molecule has 0 aromatic carbocycles. The second kappa shape index (κ2) is 5.06. The van der Waals surface area contributed by atoms with Gasteiger partial charge in [-0.05, 0) is 0 Å². The van der Waals surface area contributed by atoms with Crippen molar-refractivity contribution in [2.45, 2.75) is 31.6 Å². The van der Waals surface area contributed by atoms with Gasteiger partial charge in [0.15, 0.2) is 12.4 Å². The van der Waals surface area contributed by atoms with E-state index in [4.69, 9.17) is 0 Å². The van der Waals surface area contributed by atoms with Crippen molar-refractivity contribution in [3.05, 3.63) is 36.4 Å². The molecule has 0 bridgehead atoms. The van der Waals surface area contributed by atoms with Crippen LogP contribution < -0.4 is 4.57 Å². The molecule has 1 aliphatic carbocycles. The van der Waals surface area contributed by atoms with Crippen LogP contribution in [0.5, 0.6) is 0 Å². The van der Waals surface area contributed by atoms with Crippen LogP contribution in [0, 0.1) is 0 Å². The van der Waals surface area contributed by atoms with Crippen molar-refractivity contribution in [1.29, 1.82) is 0 Å². The number of alkyl halides is 6. The highest BCUT2D eigenvalue weighted by Crippen LogP contribution is 2.59. The van der Waals surface area contributed by atoms with Crippen LogP contribution in [0.2, 0.25) is 0 Å². The van der Waals surface area contributed by atoms with Gasteiger partial charge in [-0.2, -0.15) is 35.3 Å². The highest BCUT2D eigenvalue weighted by atomic mass is 19.3. The number of nitrogens with zero attached hydrogens (tertiary/aromatic N) is 1. The Morgan fingerprint density at radius 3 is 1.60 bits per heavy atom. The average Bonchev–Trinajstić information content (AvgIpc) is 2.49. The van der Waals surface area contributed by atoms with Crippen LogP contribution >= 0.6 is 0 Å². The molecule has 0 spiro atoms. The number of hydrogen-bond donors (Lipinski definition) is 0. The van der Waals surface area contributed by atoms with Crippen molar-refractivity contribution in [3.8, 4) is 0 Å². The van der Waals surface area contributed by atoms with Crippen LogP contribution in [0.25, 0.3) is 5.70 Å². The van der Waals surface area contributed by atoms with Gasteiger partial charge in [-0.25, -0.2) is 0 Å². The van der Waals surface area contributed by atoms with Crippen LogP contribution in [-0.2, 0) is 0 Å². The molecule has 1 aromatic rings. The fourth-order valence-corrected chi connectivity index (χ4v) is 1.59. The minimum Gasteiger partial charge on any atom is -0.198 e. The molecule has 0 aliphatic heterocycles. The standard InChI is InChI=1S/C10H5F7N.C2H6/c11-6-7(18-4-2-1-3-5-18)9(14,15)10(16,17)8(6,12)13;1-2/h1-5H;1-2H3/q+1;. The molecule has 0 radical (unpaired) electrons. The number of hydrogen-bond acceptors (Lipinski definition) is 0. The lowest BCUT2D eigenvalue weighted by Gasteiger charge is -2.22. The van der Waals surface area contributed by atoms with Crippen LogP contribution in [0.3, 0.4) is 0 Å². The molecule has 8 heteroatoms. The zero-order valence-corrected chi connectivity index (χ0v) is 10.5. The van der Waals surface area contributed by atoms with Crippen molar-refractivity contribution in [2.24, 2.45) is 0 Å². The Kier molecular flexibility index (Phi) is 4.17. The van der Waals surface area contributed by atoms with Crippen molar-refractivity contribution in [3.63, 3.8) is 0 Å². The van der Waals surface area contributed by atoms with Gasteiger partial charge in [0.05, 0.1) is 0 Å². The third-order valence-corrected chi connectivity index (χ3v) is 2.54. The van der Waals surface area contributed by atoms with Gasteiger partial charge in [0.25, 0.3) is 0 Å². The second-order valence-electron chi connectivity index (χ2n) is 3.67. The summed E-state index contributed by atoms with van der Waals surface area (Å²) < 4.78 is 91.5. The van der Waals surface area contributed by atoms with Gasteiger partial charge in [-0.1, -0.05) is 19.9 Å². The number of halogens is 7. The van der Waals surface area contributed by atoms with Crippen LogP contribution in [0.15, 0.2) is 36.4 Å². The quantitative estimate of drug-likeness (QED) is 0.544. The minimum atomic E-state index is -5.80. The Morgan fingerprint density at radius 1 is 0.800 bits per heavy atom. The summed E-state index contributed by atoms with van der Waals surface area (Å²) in [7, 11) is 0. The van der Waals surface area contributed by atoms with E-state index >= 15 is 0 Å². The van der Waals surface area contributed by atoms with E-state index in [1.807, 2.05) is 13.8 Å². The molecule has 0 saturated carbocycles. The molecule has 0 unspecified atom stereocenters. The Bertz CT molecular complexity index is 508. The summed E-state index contributed by atoms with van der Waals surface area (Å²) in [4.78, 5) is 0. The molecule has 0 fully saturated rings. The van der Waals surface area contributed by atoms with E-state index in [1.165, 1.54) is 6.07 Å². The zero-order valence-electron chi connectivity index (χ0n) is 10.5. The van der Waals surface area contributed by atoms with Crippen molar-refractivity contribution < 1.29 is 35.3 Å². The zero-order chi connectivity index (χ0) is 15.8. The van der Waals surface area contributed by atoms with Crippen molar-refractivity contribution >= 4 is 5.70 Å². The third-order valence-electron chi connectivity index (χ3n) is 2.54. The average molecular weight is 302 g/mol. The van der Waals surface area contributed by atoms with Crippen LogP contribution in [-0.4, -0.2) is 17.8 Å². The van der Waals surface area contributed by atoms with Crippen LogP contribution in [0.4, 0.5) is 30.7 Å². The molecule has 20 heavy (non-hydrogen) atoms. The molecular formula is C12H11F7N+. The van der Waals surface area contributed by atoms with Crippen LogP contribution in [0.1, 0.15) is 13.8 Å². The molecule has 0 N–H and O–H groups in total. The van der Waals surface area contributed by atoms with Gasteiger partial charge >= 0.3 is 23.5 Å². The summed E-state index contributed by atoms with van der Waals surface area (Å²) in [5.41, 5.74) is -2.04.